The maximum Gasteiger partial charge on any atom is 0.418 e. The highest BCUT2D eigenvalue weighted by molar-refractivity contribution is 9.19. The number of nitrogens with one attached hydrogen (secondary N) is 1. The van der Waals surface area contributed by atoms with Gasteiger partial charge in [-0.3, -0.25) is 9.59 Å². The molecule has 0 atom stereocenters. The molecule has 172 valence electrons. The Balaban J connectivity index is 0.000000492. The number of hydrogen-bond donors (Lipinski definition) is 2. The van der Waals surface area contributed by atoms with Crippen LogP contribution in [0.1, 0.15) is 11.1 Å². The lowest BCUT2D eigenvalue weighted by atomic mass is 10.1. The number of anilines is 2. The van der Waals surface area contributed by atoms with E-state index < -0.39 is 29.4 Å². The van der Waals surface area contributed by atoms with Crippen molar-refractivity contribution in [2.75, 3.05) is 21.7 Å². The first-order valence-electron chi connectivity index (χ1n) is 7.92. The van der Waals surface area contributed by atoms with E-state index in [1.54, 1.807) is 0 Å². The Bertz CT molecular complexity index is 861. The SMILES string of the molecule is Nc1ccccc1C(F)(F)F.O=C(Br)CBr.O=C(CBr)Nc1ccccc1C(F)(F)F. The third kappa shape index (κ3) is 12.1. The normalized spacial score (nSPS) is 10.7. The molecule has 0 unspecified atom stereocenters. The molecular formula is C18H15Br3F6N2O2. The van der Waals surface area contributed by atoms with Crippen LogP contribution in [0.15, 0.2) is 48.5 Å². The molecule has 0 saturated heterocycles. The Labute approximate surface area is 198 Å². The molecule has 0 heterocycles. The smallest absolute Gasteiger partial charge is 0.398 e. The predicted octanol–water partition coefficient (Wildman–Crippen LogP) is 6.63. The van der Waals surface area contributed by atoms with Crippen LogP contribution >= 0.6 is 47.8 Å². The number of rotatable bonds is 3. The summed E-state index contributed by atoms with van der Waals surface area (Å²) in [6.45, 7) is 0. The zero-order valence-corrected chi connectivity index (χ0v) is 20.1. The summed E-state index contributed by atoms with van der Waals surface area (Å²) in [6.07, 6.45) is -8.80. The summed E-state index contributed by atoms with van der Waals surface area (Å²) in [4.78, 5) is 20.6. The molecule has 0 fully saturated rings. The van der Waals surface area contributed by atoms with Crippen molar-refractivity contribution in [3.63, 3.8) is 0 Å². The van der Waals surface area contributed by atoms with Crippen LogP contribution in [0, 0.1) is 0 Å². The fourth-order valence-corrected chi connectivity index (χ4v) is 1.92. The number of nitrogens with two attached hydrogens (primary N) is 1. The fourth-order valence-electron chi connectivity index (χ4n) is 1.78. The molecule has 0 aliphatic rings. The van der Waals surface area contributed by atoms with Gasteiger partial charge in [0.15, 0.2) is 0 Å². The van der Waals surface area contributed by atoms with E-state index in [1.807, 2.05) is 0 Å². The summed E-state index contributed by atoms with van der Waals surface area (Å²) in [5.41, 5.74) is 3.00. The Morgan fingerprint density at radius 1 is 0.806 bits per heavy atom. The first-order valence-corrected chi connectivity index (χ1v) is 11.0. The van der Waals surface area contributed by atoms with Crippen LogP contribution in [-0.4, -0.2) is 21.3 Å². The van der Waals surface area contributed by atoms with Gasteiger partial charge in [-0.25, -0.2) is 0 Å². The van der Waals surface area contributed by atoms with Crippen LogP contribution in [0.3, 0.4) is 0 Å². The predicted molar refractivity (Wildman–Crippen MR) is 117 cm³/mol. The number of carbonyl (C=O) groups is 2. The average Bonchev–Trinajstić information content (AvgIpc) is 2.68. The van der Waals surface area contributed by atoms with Gasteiger partial charge < -0.3 is 11.1 Å². The van der Waals surface area contributed by atoms with E-state index in [2.05, 4.69) is 53.1 Å². The minimum absolute atomic E-state index is 0.0162. The number of para-hydroxylation sites is 2. The minimum atomic E-state index is -4.46. The lowest BCUT2D eigenvalue weighted by Gasteiger charge is -2.12. The molecule has 0 aromatic heterocycles. The lowest BCUT2D eigenvalue weighted by Crippen LogP contribution is -2.16. The molecule has 2 rings (SSSR count). The fraction of sp³-hybridized carbons (Fsp3) is 0.222. The van der Waals surface area contributed by atoms with E-state index in [9.17, 15) is 35.9 Å². The van der Waals surface area contributed by atoms with Crippen molar-refractivity contribution < 1.29 is 35.9 Å². The third-order valence-corrected chi connectivity index (χ3v) is 5.05. The number of alkyl halides is 8. The van der Waals surface area contributed by atoms with E-state index in [0.29, 0.717) is 5.33 Å². The van der Waals surface area contributed by atoms with Crippen molar-refractivity contribution >= 4 is 69.8 Å². The van der Waals surface area contributed by atoms with Gasteiger partial charge in [0.2, 0.25) is 10.6 Å². The monoisotopic (exact) mass is 642 g/mol. The van der Waals surface area contributed by atoms with Crippen LogP contribution in [0.25, 0.3) is 0 Å². The standard InChI is InChI=1S/C9H7BrF3NO.C7H6F3N.C2H2Br2O/c10-5-8(15)14-7-4-2-1-3-6(7)9(11,12)13;8-7(9,10)5-3-1-2-4-6(5)11;3-1-2(4)5/h1-4H,5H2,(H,14,15);1-4H,11H2;1H2. The molecular weight excluding hydrogens is 630 g/mol. The van der Waals surface area contributed by atoms with Gasteiger partial charge in [0.25, 0.3) is 0 Å². The summed E-state index contributed by atoms with van der Waals surface area (Å²) in [7, 11) is 0. The largest absolute Gasteiger partial charge is 0.418 e. The van der Waals surface area contributed by atoms with Crippen molar-refractivity contribution in [1.29, 1.82) is 0 Å². The van der Waals surface area contributed by atoms with Gasteiger partial charge in [-0.15, -0.1) is 0 Å². The molecule has 0 bridgehead atoms. The van der Waals surface area contributed by atoms with E-state index in [0.717, 1.165) is 12.1 Å². The first-order chi connectivity index (χ1) is 14.2. The summed E-state index contributed by atoms with van der Waals surface area (Å²) < 4.78 is 73.2. The lowest BCUT2D eigenvalue weighted by molar-refractivity contribution is -0.137. The van der Waals surface area contributed by atoms with Gasteiger partial charge in [0, 0.05) is 5.69 Å². The van der Waals surface area contributed by atoms with Gasteiger partial charge in [-0.1, -0.05) is 56.1 Å². The highest BCUT2D eigenvalue weighted by Crippen LogP contribution is 2.34. The molecule has 2 aromatic rings. The van der Waals surface area contributed by atoms with Crippen molar-refractivity contribution in [3.05, 3.63) is 59.7 Å². The highest BCUT2D eigenvalue weighted by Gasteiger charge is 2.33. The van der Waals surface area contributed by atoms with Crippen molar-refractivity contribution in [1.82, 2.24) is 0 Å². The number of carbonyl (C=O) groups excluding carboxylic acids is 2. The first kappa shape index (κ1) is 29.4. The quantitative estimate of drug-likeness (QED) is 0.171. The summed E-state index contributed by atoms with van der Waals surface area (Å²) in [5.74, 6) is -0.522. The van der Waals surface area contributed by atoms with E-state index in [-0.39, 0.29) is 21.4 Å². The molecule has 1 amide bonds. The molecule has 2 aromatic carbocycles. The Kier molecular flexibility index (Phi) is 13.0. The molecule has 31 heavy (non-hydrogen) atoms. The second-order valence-electron chi connectivity index (χ2n) is 5.30. The maximum atomic E-state index is 12.4. The number of amides is 1. The van der Waals surface area contributed by atoms with Crippen molar-refractivity contribution in [3.8, 4) is 0 Å². The second-order valence-corrected chi connectivity index (χ2v) is 7.30. The van der Waals surface area contributed by atoms with Crippen molar-refractivity contribution in [2.24, 2.45) is 0 Å². The van der Waals surface area contributed by atoms with E-state index >= 15 is 0 Å². The second kappa shape index (κ2) is 13.7. The number of nitrogen functional groups attached to an aromatic ring is 1. The van der Waals surface area contributed by atoms with Crippen LogP contribution in [0.4, 0.5) is 37.7 Å². The average molecular weight is 645 g/mol. The zero-order chi connectivity index (χ0) is 24.2. The number of halogens is 9. The van der Waals surface area contributed by atoms with Gasteiger partial charge in [-0.2, -0.15) is 26.3 Å². The summed E-state index contributed by atoms with van der Waals surface area (Å²) in [5, 5.41) is 2.51. The summed E-state index contributed by atoms with van der Waals surface area (Å²) >= 11 is 8.46. The molecule has 0 radical (unpaired) electrons. The number of benzene rings is 2. The van der Waals surface area contributed by atoms with E-state index in [1.165, 1.54) is 36.4 Å². The van der Waals surface area contributed by atoms with Gasteiger partial charge in [0.1, 0.15) is 0 Å². The highest BCUT2D eigenvalue weighted by atomic mass is 79.9. The summed E-state index contributed by atoms with van der Waals surface area (Å²) in [6, 6.07) is 9.78. The topological polar surface area (TPSA) is 72.2 Å². The van der Waals surface area contributed by atoms with Crippen molar-refractivity contribution in [2.45, 2.75) is 12.4 Å². The number of hydrogen-bond acceptors (Lipinski definition) is 3. The van der Waals surface area contributed by atoms with Gasteiger partial charge >= 0.3 is 12.4 Å². The Hall–Kier alpha value is -1.60. The zero-order valence-electron chi connectivity index (χ0n) is 15.3. The molecule has 3 N–H and O–H groups in total. The molecule has 4 nitrogen and oxygen atoms in total. The molecule has 0 aliphatic carbocycles. The van der Waals surface area contributed by atoms with E-state index in [4.69, 9.17) is 5.73 Å². The third-order valence-electron chi connectivity index (χ3n) is 3.00. The Morgan fingerprint density at radius 2 is 1.23 bits per heavy atom. The van der Waals surface area contributed by atoms with Crippen LogP contribution in [0.5, 0.6) is 0 Å². The molecule has 13 heteroatoms. The Morgan fingerprint density at radius 3 is 1.58 bits per heavy atom. The van der Waals surface area contributed by atoms with Crippen LogP contribution < -0.4 is 11.1 Å². The molecule has 0 spiro atoms. The molecule has 0 aliphatic heterocycles. The minimum Gasteiger partial charge on any atom is -0.398 e. The molecule has 0 saturated carbocycles. The van der Waals surface area contributed by atoms with Gasteiger partial charge in [-0.05, 0) is 40.2 Å². The van der Waals surface area contributed by atoms with Crippen LogP contribution in [0.2, 0.25) is 0 Å². The van der Waals surface area contributed by atoms with Crippen LogP contribution in [-0.2, 0) is 21.9 Å². The maximum absolute atomic E-state index is 12.4. The van der Waals surface area contributed by atoms with Gasteiger partial charge in [0.05, 0.1) is 27.5 Å².